The lowest BCUT2D eigenvalue weighted by Crippen LogP contribution is -1.94. The van der Waals surface area contributed by atoms with Crippen LogP contribution in [0.3, 0.4) is 0 Å². The van der Waals surface area contributed by atoms with Crippen molar-refractivity contribution in [3.63, 3.8) is 0 Å². The molecule has 0 aliphatic carbocycles. The van der Waals surface area contributed by atoms with Crippen LogP contribution in [0.4, 0.5) is 4.39 Å². The normalized spacial score (nSPS) is 10.8. The van der Waals surface area contributed by atoms with Crippen LogP contribution in [0.1, 0.15) is 11.1 Å². The molecule has 0 amide bonds. The van der Waals surface area contributed by atoms with Gasteiger partial charge in [0.05, 0.1) is 11.9 Å². The zero-order valence-electron chi connectivity index (χ0n) is 11.3. The maximum Gasteiger partial charge on any atom is 0.126 e. The Balaban J connectivity index is 1.97. The molecule has 0 spiro atoms. The molecule has 100 valence electrons. The third-order valence-electron chi connectivity index (χ3n) is 3.25. The Labute approximate surface area is 116 Å². The minimum Gasteiger partial charge on any atom is -0.220 e. The molecule has 4 heteroatoms. The van der Waals surface area contributed by atoms with Gasteiger partial charge in [0.15, 0.2) is 0 Å². The molecule has 0 radical (unpaired) electrons. The van der Waals surface area contributed by atoms with Crippen molar-refractivity contribution in [2.75, 3.05) is 0 Å². The first-order valence-corrected chi connectivity index (χ1v) is 6.39. The number of benzene rings is 2. The van der Waals surface area contributed by atoms with Gasteiger partial charge in [-0.2, -0.15) is 0 Å². The first kappa shape index (κ1) is 12.5. The Morgan fingerprint density at radius 3 is 2.45 bits per heavy atom. The molecule has 3 aromatic rings. The molecule has 0 saturated heterocycles. The first-order valence-electron chi connectivity index (χ1n) is 6.39. The summed E-state index contributed by atoms with van der Waals surface area (Å²) < 4.78 is 15.0. The second-order valence-electron chi connectivity index (χ2n) is 4.85. The summed E-state index contributed by atoms with van der Waals surface area (Å²) in [6, 6.07) is 13.0. The van der Waals surface area contributed by atoms with E-state index in [4.69, 9.17) is 0 Å². The third-order valence-corrected chi connectivity index (χ3v) is 3.25. The lowest BCUT2D eigenvalue weighted by molar-refractivity contribution is 0.619. The van der Waals surface area contributed by atoms with Crippen LogP contribution in [0.5, 0.6) is 0 Å². The molecule has 0 aliphatic rings. The highest BCUT2D eigenvalue weighted by Crippen LogP contribution is 2.20. The Kier molecular flexibility index (Phi) is 3.06. The molecule has 1 aromatic heterocycles. The minimum absolute atomic E-state index is 0.209. The second kappa shape index (κ2) is 4.89. The van der Waals surface area contributed by atoms with Crippen molar-refractivity contribution in [3.8, 4) is 16.9 Å². The predicted molar refractivity (Wildman–Crippen MR) is 76.2 cm³/mol. The van der Waals surface area contributed by atoms with Crippen LogP contribution in [0.2, 0.25) is 0 Å². The number of nitrogens with zero attached hydrogens (tertiary/aromatic N) is 3. The van der Waals surface area contributed by atoms with E-state index in [0.29, 0.717) is 5.56 Å². The van der Waals surface area contributed by atoms with Gasteiger partial charge in [0.2, 0.25) is 0 Å². The lowest BCUT2D eigenvalue weighted by atomic mass is 10.1. The van der Waals surface area contributed by atoms with Crippen LogP contribution in [-0.2, 0) is 0 Å². The van der Waals surface area contributed by atoms with Gasteiger partial charge in [0, 0.05) is 5.56 Å². The summed E-state index contributed by atoms with van der Waals surface area (Å²) in [4.78, 5) is 0. The molecule has 2 aromatic carbocycles. The lowest BCUT2D eigenvalue weighted by Gasteiger charge is -2.00. The van der Waals surface area contributed by atoms with Crippen LogP contribution in [0.15, 0.2) is 48.7 Å². The zero-order chi connectivity index (χ0) is 14.1. The van der Waals surface area contributed by atoms with Crippen molar-refractivity contribution < 1.29 is 4.39 Å². The summed E-state index contributed by atoms with van der Waals surface area (Å²) in [5.41, 5.74) is 4.35. The van der Waals surface area contributed by atoms with Gasteiger partial charge >= 0.3 is 0 Å². The number of rotatable bonds is 2. The van der Waals surface area contributed by atoms with E-state index in [-0.39, 0.29) is 5.82 Å². The van der Waals surface area contributed by atoms with E-state index in [1.807, 2.05) is 37.4 Å². The summed E-state index contributed by atoms with van der Waals surface area (Å²) in [5.74, 6) is -0.209. The maximum absolute atomic E-state index is 13.3. The molecule has 0 saturated carbocycles. The van der Waals surface area contributed by atoms with Crippen LogP contribution in [0.25, 0.3) is 16.9 Å². The van der Waals surface area contributed by atoms with Gasteiger partial charge in [-0.25, -0.2) is 9.07 Å². The summed E-state index contributed by atoms with van der Waals surface area (Å²) >= 11 is 0. The van der Waals surface area contributed by atoms with E-state index < -0.39 is 0 Å². The van der Waals surface area contributed by atoms with Crippen molar-refractivity contribution in [1.29, 1.82) is 0 Å². The summed E-state index contributed by atoms with van der Waals surface area (Å²) in [6.45, 7) is 3.78. The predicted octanol–water partition coefficient (Wildman–Crippen LogP) is 3.69. The van der Waals surface area contributed by atoms with Crippen LogP contribution in [-0.4, -0.2) is 15.0 Å². The summed E-state index contributed by atoms with van der Waals surface area (Å²) in [6.07, 6.45) is 1.84. The quantitative estimate of drug-likeness (QED) is 0.709. The number of hydrogen-bond acceptors (Lipinski definition) is 2. The Morgan fingerprint density at radius 2 is 1.75 bits per heavy atom. The summed E-state index contributed by atoms with van der Waals surface area (Å²) in [7, 11) is 0. The van der Waals surface area contributed by atoms with Crippen molar-refractivity contribution in [2.24, 2.45) is 0 Å². The van der Waals surface area contributed by atoms with Crippen molar-refractivity contribution in [1.82, 2.24) is 15.0 Å². The second-order valence-corrected chi connectivity index (χ2v) is 4.85. The van der Waals surface area contributed by atoms with Crippen molar-refractivity contribution in [2.45, 2.75) is 13.8 Å². The topological polar surface area (TPSA) is 30.7 Å². The largest absolute Gasteiger partial charge is 0.220 e. The minimum atomic E-state index is -0.209. The third kappa shape index (κ3) is 2.32. The van der Waals surface area contributed by atoms with Crippen molar-refractivity contribution >= 4 is 0 Å². The molecule has 0 aliphatic heterocycles. The fraction of sp³-hybridized carbons (Fsp3) is 0.125. The Bertz CT molecular complexity index is 745. The van der Waals surface area contributed by atoms with E-state index in [1.165, 1.54) is 11.6 Å². The van der Waals surface area contributed by atoms with E-state index in [1.54, 1.807) is 23.7 Å². The standard InChI is InChI=1S/C16H14FN3/c1-11-3-6-14(7-4-11)20-10-16(18-19-20)13-5-8-15(17)12(2)9-13/h3-10H,1-2H3. The van der Waals surface area contributed by atoms with Gasteiger partial charge in [-0.3, -0.25) is 0 Å². The smallest absolute Gasteiger partial charge is 0.126 e. The molecule has 0 N–H and O–H groups in total. The molecule has 1 heterocycles. The molecular formula is C16H14FN3. The highest BCUT2D eigenvalue weighted by molar-refractivity contribution is 5.59. The Morgan fingerprint density at radius 1 is 1.00 bits per heavy atom. The number of hydrogen-bond donors (Lipinski definition) is 0. The fourth-order valence-electron chi connectivity index (χ4n) is 2.02. The van der Waals surface area contributed by atoms with Gasteiger partial charge in [0.1, 0.15) is 11.5 Å². The SMILES string of the molecule is Cc1ccc(-n2cc(-c3ccc(F)c(C)c3)nn2)cc1. The highest BCUT2D eigenvalue weighted by atomic mass is 19.1. The monoisotopic (exact) mass is 267 g/mol. The van der Waals surface area contributed by atoms with E-state index >= 15 is 0 Å². The molecule has 3 nitrogen and oxygen atoms in total. The van der Waals surface area contributed by atoms with Gasteiger partial charge in [-0.1, -0.05) is 22.9 Å². The van der Waals surface area contributed by atoms with Crippen LogP contribution in [0, 0.1) is 19.7 Å². The number of aryl methyl sites for hydroxylation is 2. The zero-order valence-corrected chi connectivity index (χ0v) is 11.3. The number of halogens is 1. The average Bonchev–Trinajstić information content (AvgIpc) is 2.92. The maximum atomic E-state index is 13.3. The van der Waals surface area contributed by atoms with E-state index in [0.717, 1.165) is 16.9 Å². The van der Waals surface area contributed by atoms with E-state index in [9.17, 15) is 4.39 Å². The van der Waals surface area contributed by atoms with Crippen LogP contribution < -0.4 is 0 Å². The van der Waals surface area contributed by atoms with Gasteiger partial charge in [-0.15, -0.1) is 5.10 Å². The van der Waals surface area contributed by atoms with Gasteiger partial charge in [0.25, 0.3) is 0 Å². The molecule has 0 unspecified atom stereocenters. The molecule has 3 rings (SSSR count). The molecule has 0 fully saturated rings. The van der Waals surface area contributed by atoms with Crippen molar-refractivity contribution in [3.05, 3.63) is 65.6 Å². The average molecular weight is 267 g/mol. The highest BCUT2D eigenvalue weighted by Gasteiger charge is 2.07. The van der Waals surface area contributed by atoms with Gasteiger partial charge < -0.3 is 0 Å². The van der Waals surface area contributed by atoms with Crippen LogP contribution >= 0.6 is 0 Å². The molecule has 20 heavy (non-hydrogen) atoms. The van der Waals surface area contributed by atoms with Gasteiger partial charge in [-0.05, 0) is 49.7 Å². The number of aromatic nitrogens is 3. The van der Waals surface area contributed by atoms with E-state index in [2.05, 4.69) is 10.3 Å². The molecule has 0 atom stereocenters. The fourth-order valence-corrected chi connectivity index (χ4v) is 2.02. The summed E-state index contributed by atoms with van der Waals surface area (Å²) in [5, 5.41) is 8.26. The Hall–Kier alpha value is -2.49. The molecular weight excluding hydrogens is 253 g/mol. The first-order chi connectivity index (χ1) is 9.63. The molecule has 0 bridgehead atoms.